The number of nitrogens with one attached hydrogen (secondary N) is 2. The highest BCUT2D eigenvalue weighted by Gasteiger charge is 2.28. The number of halogens is 1. The maximum atomic E-state index is 12.4. The number of fused-ring (bicyclic) bond motifs is 1. The summed E-state index contributed by atoms with van der Waals surface area (Å²) >= 11 is 0. The maximum absolute atomic E-state index is 12.4. The van der Waals surface area contributed by atoms with Crippen molar-refractivity contribution in [2.75, 3.05) is 5.32 Å². The highest BCUT2D eigenvalue weighted by atomic mass is 35.5. The van der Waals surface area contributed by atoms with Crippen molar-refractivity contribution < 1.29 is 13.2 Å². The molecule has 4 rings (SSSR count). The van der Waals surface area contributed by atoms with E-state index in [0.29, 0.717) is 16.8 Å². The lowest BCUT2D eigenvalue weighted by Crippen LogP contribution is -2.40. The van der Waals surface area contributed by atoms with Gasteiger partial charge in [-0.25, -0.2) is 0 Å². The summed E-state index contributed by atoms with van der Waals surface area (Å²) in [6.07, 6.45) is 3.67. The molecule has 1 heterocycles. The molecule has 1 amide bonds. The Balaban J connectivity index is 0.00000240. The van der Waals surface area contributed by atoms with Gasteiger partial charge in [0, 0.05) is 28.9 Å². The van der Waals surface area contributed by atoms with Crippen LogP contribution in [0, 0.1) is 0 Å². The molecule has 2 aromatic rings. The van der Waals surface area contributed by atoms with Crippen LogP contribution in [-0.4, -0.2) is 32.2 Å². The molecule has 1 aliphatic carbocycles. The topological polar surface area (TPSA) is 114 Å². The minimum atomic E-state index is -3.66. The molecule has 4 N–H and O–H groups in total. The molecule has 1 fully saturated rings. The number of rotatable bonds is 3. The van der Waals surface area contributed by atoms with Gasteiger partial charge < -0.3 is 16.4 Å². The molecule has 0 aromatic heterocycles. The number of carbonyl (C=O) groups is 1. The lowest BCUT2D eigenvalue weighted by atomic mass is 9.91. The van der Waals surface area contributed by atoms with Gasteiger partial charge in [0.2, 0.25) is 0 Å². The van der Waals surface area contributed by atoms with Gasteiger partial charge in [-0.2, -0.15) is 8.42 Å². The largest absolute Gasteiger partial charge is 0.349 e. The Morgan fingerprint density at radius 2 is 1.66 bits per heavy atom. The summed E-state index contributed by atoms with van der Waals surface area (Å²) < 4.78 is 28.0. The van der Waals surface area contributed by atoms with E-state index < -0.39 is 10.0 Å². The van der Waals surface area contributed by atoms with E-state index >= 15 is 0 Å². The highest BCUT2D eigenvalue weighted by Crippen LogP contribution is 2.26. The van der Waals surface area contributed by atoms with E-state index in [-0.39, 0.29) is 41.1 Å². The number of amides is 1. The zero-order valence-corrected chi connectivity index (χ0v) is 17.3. The number of benzene rings is 2. The van der Waals surface area contributed by atoms with Gasteiger partial charge in [0.1, 0.15) is 4.90 Å². The SMILES string of the molecule is Cl.NC1CCC(NC(=O)c2ccc(NC3=NS(=O)(=O)c4ccccc43)cc2)CC1. The van der Waals surface area contributed by atoms with Crippen molar-refractivity contribution in [3.8, 4) is 0 Å². The second kappa shape index (κ2) is 8.52. The van der Waals surface area contributed by atoms with Crippen molar-refractivity contribution in [2.24, 2.45) is 10.1 Å². The third-order valence-electron chi connectivity index (χ3n) is 5.15. The maximum Gasteiger partial charge on any atom is 0.285 e. The van der Waals surface area contributed by atoms with E-state index in [4.69, 9.17) is 5.73 Å². The number of sulfonamides is 1. The van der Waals surface area contributed by atoms with Gasteiger partial charge >= 0.3 is 0 Å². The Morgan fingerprint density at radius 3 is 2.34 bits per heavy atom. The molecule has 0 bridgehead atoms. The molecular weight excluding hydrogens is 412 g/mol. The molecular formula is C20H23ClN4O3S. The second-order valence-electron chi connectivity index (χ2n) is 7.20. The van der Waals surface area contributed by atoms with E-state index in [2.05, 4.69) is 15.0 Å². The van der Waals surface area contributed by atoms with Crippen molar-refractivity contribution in [1.29, 1.82) is 0 Å². The number of hydrogen-bond acceptors (Lipinski definition) is 5. The summed E-state index contributed by atoms with van der Waals surface area (Å²) in [4.78, 5) is 12.6. The summed E-state index contributed by atoms with van der Waals surface area (Å²) in [7, 11) is -3.66. The molecule has 0 unspecified atom stereocenters. The van der Waals surface area contributed by atoms with Crippen LogP contribution in [0.5, 0.6) is 0 Å². The van der Waals surface area contributed by atoms with Gasteiger partial charge in [-0.3, -0.25) is 4.79 Å². The predicted octanol–water partition coefficient (Wildman–Crippen LogP) is 2.67. The minimum absolute atomic E-state index is 0. The third kappa shape index (κ3) is 4.60. The van der Waals surface area contributed by atoms with Gasteiger partial charge in [-0.1, -0.05) is 12.1 Å². The van der Waals surface area contributed by atoms with E-state index in [1.807, 2.05) is 0 Å². The van der Waals surface area contributed by atoms with E-state index in [1.54, 1.807) is 42.5 Å². The Morgan fingerprint density at radius 1 is 1.00 bits per heavy atom. The van der Waals surface area contributed by atoms with Crippen molar-refractivity contribution in [2.45, 2.75) is 42.7 Å². The highest BCUT2D eigenvalue weighted by molar-refractivity contribution is 7.90. The molecule has 9 heteroatoms. The number of amidine groups is 1. The van der Waals surface area contributed by atoms with Gasteiger partial charge in [0.15, 0.2) is 5.84 Å². The smallest absolute Gasteiger partial charge is 0.285 e. The fourth-order valence-electron chi connectivity index (χ4n) is 3.57. The summed E-state index contributed by atoms with van der Waals surface area (Å²) in [5, 5.41) is 6.08. The van der Waals surface area contributed by atoms with E-state index in [0.717, 1.165) is 25.7 Å². The Bertz CT molecular complexity index is 1030. The summed E-state index contributed by atoms with van der Waals surface area (Å²) in [6, 6.07) is 14.0. The molecule has 29 heavy (non-hydrogen) atoms. The molecule has 0 spiro atoms. The lowest BCUT2D eigenvalue weighted by molar-refractivity contribution is 0.0926. The third-order valence-corrected chi connectivity index (χ3v) is 6.48. The van der Waals surface area contributed by atoms with Crippen LogP contribution in [0.2, 0.25) is 0 Å². The number of nitrogens with two attached hydrogens (primary N) is 1. The zero-order valence-electron chi connectivity index (χ0n) is 15.7. The van der Waals surface area contributed by atoms with Crippen LogP contribution in [-0.2, 0) is 10.0 Å². The first-order chi connectivity index (χ1) is 13.4. The molecule has 7 nitrogen and oxygen atoms in total. The normalized spacial score (nSPS) is 22.0. The van der Waals surface area contributed by atoms with Crippen molar-refractivity contribution in [1.82, 2.24) is 5.32 Å². The monoisotopic (exact) mass is 434 g/mol. The van der Waals surface area contributed by atoms with Gasteiger partial charge in [-0.15, -0.1) is 16.8 Å². The first-order valence-electron chi connectivity index (χ1n) is 9.30. The summed E-state index contributed by atoms with van der Waals surface area (Å²) in [5.74, 6) is 0.171. The van der Waals surface area contributed by atoms with Gasteiger partial charge in [-0.05, 0) is 62.1 Å². The quantitative estimate of drug-likeness (QED) is 0.687. The van der Waals surface area contributed by atoms with Crippen LogP contribution in [0.3, 0.4) is 0 Å². The van der Waals surface area contributed by atoms with Crippen LogP contribution < -0.4 is 16.4 Å². The van der Waals surface area contributed by atoms with Crippen LogP contribution in [0.25, 0.3) is 0 Å². The average molecular weight is 435 g/mol. The average Bonchev–Trinajstić information content (AvgIpc) is 2.95. The molecule has 1 aliphatic heterocycles. The lowest BCUT2D eigenvalue weighted by Gasteiger charge is -2.26. The Hall–Kier alpha value is -2.42. The zero-order chi connectivity index (χ0) is 19.7. The minimum Gasteiger partial charge on any atom is -0.349 e. The summed E-state index contributed by atoms with van der Waals surface area (Å²) in [5.41, 5.74) is 7.66. The molecule has 1 saturated carbocycles. The number of carbonyl (C=O) groups excluding carboxylic acids is 1. The first-order valence-corrected chi connectivity index (χ1v) is 10.7. The van der Waals surface area contributed by atoms with Crippen LogP contribution in [0.15, 0.2) is 57.8 Å². The molecule has 2 aliphatic rings. The second-order valence-corrected chi connectivity index (χ2v) is 8.77. The Labute approximate surface area is 176 Å². The number of hydrogen-bond donors (Lipinski definition) is 3. The van der Waals surface area contributed by atoms with E-state index in [9.17, 15) is 13.2 Å². The van der Waals surface area contributed by atoms with Crippen LogP contribution in [0.1, 0.15) is 41.6 Å². The molecule has 0 atom stereocenters. The molecule has 0 radical (unpaired) electrons. The van der Waals surface area contributed by atoms with Crippen molar-refractivity contribution >= 4 is 39.9 Å². The van der Waals surface area contributed by atoms with Crippen LogP contribution >= 0.6 is 12.4 Å². The van der Waals surface area contributed by atoms with Gasteiger partial charge in [0.05, 0.1) is 0 Å². The standard InChI is InChI=1S/C20H22N4O3S.ClH/c21-14-7-11-16(12-8-14)23-20(25)13-5-9-15(10-6-13)22-19-17-3-1-2-4-18(17)28(26,27)24-19;/h1-6,9-10,14,16H,7-8,11-12,21H2,(H,22,24)(H,23,25);1H. The summed E-state index contributed by atoms with van der Waals surface area (Å²) in [6.45, 7) is 0. The fraction of sp³-hybridized carbons (Fsp3) is 0.300. The van der Waals surface area contributed by atoms with Crippen molar-refractivity contribution in [3.05, 3.63) is 59.7 Å². The predicted molar refractivity (Wildman–Crippen MR) is 115 cm³/mol. The number of anilines is 1. The fourth-order valence-corrected chi connectivity index (χ4v) is 4.75. The molecule has 154 valence electrons. The van der Waals surface area contributed by atoms with Crippen molar-refractivity contribution in [3.63, 3.8) is 0 Å². The van der Waals surface area contributed by atoms with Gasteiger partial charge in [0.25, 0.3) is 15.9 Å². The molecule has 0 saturated heterocycles. The van der Waals surface area contributed by atoms with E-state index in [1.165, 1.54) is 6.07 Å². The first kappa shape index (κ1) is 21.3. The number of nitrogens with zero attached hydrogens (tertiary/aromatic N) is 1. The Kier molecular flexibility index (Phi) is 6.26. The van der Waals surface area contributed by atoms with Crippen LogP contribution in [0.4, 0.5) is 5.69 Å². The molecule has 2 aromatic carbocycles.